The molecule has 1 aliphatic heterocycles. The minimum Gasteiger partial charge on any atom is -0.478 e. The molecule has 8 nitrogen and oxygen atoms in total. The summed E-state index contributed by atoms with van der Waals surface area (Å²) < 4.78 is 26.1. The van der Waals surface area contributed by atoms with E-state index in [0.29, 0.717) is 19.3 Å². The van der Waals surface area contributed by atoms with Gasteiger partial charge in [-0.3, -0.25) is 5.10 Å². The van der Waals surface area contributed by atoms with Crippen LogP contribution in [0.25, 0.3) is 0 Å². The maximum atomic E-state index is 12.4. The number of carbonyl (C=O) groups is 1. The molecular formula is C11H17N3O5S. The van der Waals surface area contributed by atoms with Crippen LogP contribution in [0.4, 0.5) is 0 Å². The molecule has 112 valence electrons. The minimum atomic E-state index is -3.94. The van der Waals surface area contributed by atoms with Crippen LogP contribution < -0.4 is 0 Å². The molecule has 1 aromatic rings. The van der Waals surface area contributed by atoms with Crippen molar-refractivity contribution in [2.45, 2.75) is 36.8 Å². The summed E-state index contributed by atoms with van der Waals surface area (Å²) in [7, 11) is -3.94. The number of nitrogens with one attached hydrogen (secondary N) is 1. The number of nitrogens with zero attached hydrogens (tertiary/aromatic N) is 2. The highest BCUT2D eigenvalue weighted by atomic mass is 32.2. The monoisotopic (exact) mass is 303 g/mol. The SMILES string of the molecule is CC1(O)CCCN(S(=O)(=O)c2[nH]ncc2C(=O)O)CC1. The summed E-state index contributed by atoms with van der Waals surface area (Å²) in [6.45, 7) is 2.06. The van der Waals surface area contributed by atoms with Crippen LogP contribution in [0, 0.1) is 0 Å². The van der Waals surface area contributed by atoms with Crippen LogP contribution in [0.3, 0.4) is 0 Å². The molecule has 1 aromatic heterocycles. The normalized spacial score (nSPS) is 25.3. The molecule has 1 saturated heterocycles. The van der Waals surface area contributed by atoms with Crippen molar-refractivity contribution in [1.82, 2.24) is 14.5 Å². The zero-order valence-corrected chi connectivity index (χ0v) is 11.9. The van der Waals surface area contributed by atoms with Crippen molar-refractivity contribution in [3.05, 3.63) is 11.8 Å². The van der Waals surface area contributed by atoms with Gasteiger partial charge in [-0.2, -0.15) is 9.40 Å². The predicted octanol–water partition coefficient (Wildman–Crippen LogP) is 0.0335. The number of rotatable bonds is 3. The second-order valence-corrected chi connectivity index (χ2v) is 7.05. The first-order valence-electron chi connectivity index (χ1n) is 6.23. The van der Waals surface area contributed by atoms with Gasteiger partial charge in [0.2, 0.25) is 0 Å². The van der Waals surface area contributed by atoms with Crippen LogP contribution in [0.5, 0.6) is 0 Å². The van der Waals surface area contributed by atoms with Crippen molar-refractivity contribution >= 4 is 16.0 Å². The Morgan fingerprint density at radius 2 is 2.15 bits per heavy atom. The molecule has 20 heavy (non-hydrogen) atoms. The first kappa shape index (κ1) is 14.9. The number of aliphatic hydroxyl groups is 1. The van der Waals surface area contributed by atoms with Gasteiger partial charge in [0.25, 0.3) is 10.0 Å². The number of H-pyrrole nitrogens is 1. The average Bonchev–Trinajstić information content (AvgIpc) is 2.76. The molecule has 0 spiro atoms. The molecule has 1 fully saturated rings. The Morgan fingerprint density at radius 3 is 2.80 bits per heavy atom. The number of aromatic amines is 1. The summed E-state index contributed by atoms with van der Waals surface area (Å²) in [5, 5.41) is 24.3. The third kappa shape index (κ3) is 2.84. The van der Waals surface area contributed by atoms with E-state index < -0.39 is 26.6 Å². The molecular weight excluding hydrogens is 286 g/mol. The summed E-state index contributed by atoms with van der Waals surface area (Å²) in [6, 6.07) is 0. The third-order valence-corrected chi connectivity index (χ3v) is 5.33. The number of carboxylic acids is 1. The number of aromatic carboxylic acids is 1. The molecule has 2 heterocycles. The van der Waals surface area contributed by atoms with E-state index in [1.165, 1.54) is 4.31 Å². The van der Waals surface area contributed by atoms with Crippen LogP contribution in [0.15, 0.2) is 11.2 Å². The largest absolute Gasteiger partial charge is 0.478 e. The zero-order valence-electron chi connectivity index (χ0n) is 11.0. The molecule has 1 atom stereocenters. The van der Waals surface area contributed by atoms with Crippen molar-refractivity contribution in [2.75, 3.05) is 13.1 Å². The molecule has 0 amide bonds. The van der Waals surface area contributed by atoms with E-state index in [1.54, 1.807) is 6.92 Å². The molecule has 9 heteroatoms. The Hall–Kier alpha value is -1.45. The Morgan fingerprint density at radius 1 is 1.45 bits per heavy atom. The van der Waals surface area contributed by atoms with Gasteiger partial charge in [-0.05, 0) is 26.2 Å². The highest BCUT2D eigenvalue weighted by Crippen LogP contribution is 2.26. The van der Waals surface area contributed by atoms with Gasteiger partial charge < -0.3 is 10.2 Å². The summed E-state index contributed by atoms with van der Waals surface area (Å²) in [5.74, 6) is -1.35. The molecule has 0 radical (unpaired) electrons. The molecule has 0 aliphatic carbocycles. The predicted molar refractivity (Wildman–Crippen MR) is 68.8 cm³/mol. The van der Waals surface area contributed by atoms with Crippen molar-refractivity contribution in [3.63, 3.8) is 0 Å². The number of aromatic nitrogens is 2. The van der Waals surface area contributed by atoms with Crippen molar-refractivity contribution in [3.8, 4) is 0 Å². The van der Waals surface area contributed by atoms with Crippen LogP contribution in [0.2, 0.25) is 0 Å². The first-order valence-corrected chi connectivity index (χ1v) is 7.67. The fourth-order valence-corrected chi connectivity index (χ4v) is 3.78. The van der Waals surface area contributed by atoms with E-state index in [0.717, 1.165) is 6.20 Å². The fraction of sp³-hybridized carbons (Fsp3) is 0.636. The summed E-state index contributed by atoms with van der Waals surface area (Å²) in [4.78, 5) is 11.0. The number of hydrogen-bond acceptors (Lipinski definition) is 5. The smallest absolute Gasteiger partial charge is 0.340 e. The van der Waals surface area contributed by atoms with Crippen molar-refractivity contribution in [2.24, 2.45) is 0 Å². The van der Waals surface area contributed by atoms with Crippen LogP contribution in [0.1, 0.15) is 36.5 Å². The molecule has 2 rings (SSSR count). The Balaban J connectivity index is 2.31. The molecule has 1 unspecified atom stereocenters. The quantitative estimate of drug-likeness (QED) is 0.724. The van der Waals surface area contributed by atoms with Gasteiger partial charge in [0, 0.05) is 13.1 Å². The maximum absolute atomic E-state index is 12.4. The number of hydrogen-bond donors (Lipinski definition) is 3. The highest BCUT2D eigenvalue weighted by Gasteiger charge is 2.34. The molecule has 0 aromatic carbocycles. The molecule has 0 saturated carbocycles. The van der Waals surface area contributed by atoms with E-state index in [9.17, 15) is 18.3 Å². The summed E-state index contributed by atoms with van der Waals surface area (Å²) >= 11 is 0. The lowest BCUT2D eigenvalue weighted by Crippen LogP contribution is -2.34. The maximum Gasteiger partial charge on any atom is 0.340 e. The minimum absolute atomic E-state index is 0.146. The first-order chi connectivity index (χ1) is 9.24. The third-order valence-electron chi connectivity index (χ3n) is 3.46. The Bertz CT molecular complexity index is 607. The van der Waals surface area contributed by atoms with Gasteiger partial charge in [0.15, 0.2) is 5.03 Å². The Labute approximate surface area is 116 Å². The molecule has 0 bridgehead atoms. The summed E-state index contributed by atoms with van der Waals surface area (Å²) in [6.07, 6.45) is 2.31. The van der Waals surface area contributed by atoms with Crippen molar-refractivity contribution < 1.29 is 23.4 Å². The standard InChI is InChI=1S/C11H17N3O5S/c1-11(17)3-2-5-14(6-4-11)20(18,19)9-8(10(15)16)7-12-13-9/h7,17H,2-6H2,1H3,(H,12,13)(H,15,16). The molecule has 1 aliphatic rings. The number of sulfonamides is 1. The van der Waals surface area contributed by atoms with E-state index >= 15 is 0 Å². The van der Waals surface area contributed by atoms with Gasteiger partial charge in [-0.25, -0.2) is 13.2 Å². The Kier molecular flexibility index (Phi) is 3.85. The van der Waals surface area contributed by atoms with Crippen molar-refractivity contribution in [1.29, 1.82) is 0 Å². The van der Waals surface area contributed by atoms with Gasteiger partial charge in [-0.1, -0.05) is 0 Å². The van der Waals surface area contributed by atoms with Gasteiger partial charge in [-0.15, -0.1) is 0 Å². The van der Waals surface area contributed by atoms with E-state index in [-0.39, 0.29) is 18.7 Å². The topological polar surface area (TPSA) is 124 Å². The summed E-state index contributed by atoms with van der Waals surface area (Å²) in [5.41, 5.74) is -1.27. The zero-order chi connectivity index (χ0) is 15.0. The van der Waals surface area contributed by atoms with Gasteiger partial charge in [0.1, 0.15) is 5.56 Å². The fourth-order valence-electron chi connectivity index (χ4n) is 2.23. The second-order valence-electron chi connectivity index (χ2n) is 5.17. The highest BCUT2D eigenvalue weighted by molar-refractivity contribution is 7.89. The van der Waals surface area contributed by atoms with Crippen LogP contribution in [-0.4, -0.2) is 57.8 Å². The van der Waals surface area contributed by atoms with Gasteiger partial charge in [0.05, 0.1) is 11.8 Å². The lowest BCUT2D eigenvalue weighted by atomic mass is 9.98. The average molecular weight is 303 g/mol. The van der Waals surface area contributed by atoms with E-state index in [2.05, 4.69) is 10.2 Å². The number of carboxylic acid groups (broad SMARTS) is 1. The lowest BCUT2D eigenvalue weighted by Gasteiger charge is -2.21. The lowest BCUT2D eigenvalue weighted by molar-refractivity contribution is 0.0464. The van der Waals surface area contributed by atoms with Gasteiger partial charge >= 0.3 is 5.97 Å². The molecule has 3 N–H and O–H groups in total. The van der Waals surface area contributed by atoms with E-state index in [4.69, 9.17) is 5.11 Å². The van der Waals surface area contributed by atoms with Crippen LogP contribution in [-0.2, 0) is 10.0 Å². The van der Waals surface area contributed by atoms with E-state index in [1.807, 2.05) is 0 Å². The van der Waals surface area contributed by atoms with Crippen LogP contribution >= 0.6 is 0 Å². The second kappa shape index (κ2) is 5.15.